The predicted octanol–water partition coefficient (Wildman–Crippen LogP) is 2.21. The number of hydrogen-bond acceptors (Lipinski definition) is 8. The molecule has 10 nitrogen and oxygen atoms in total. The molecule has 4 N–H and O–H groups in total. The molecule has 0 saturated carbocycles. The number of carbonyl (C=O) groups excluding carboxylic acids is 1. The van der Waals surface area contributed by atoms with Crippen molar-refractivity contribution in [3.8, 4) is 11.4 Å². The normalized spacial score (nSPS) is 17.9. The average Bonchev–Trinajstić information content (AvgIpc) is 2.84. The summed E-state index contributed by atoms with van der Waals surface area (Å²) < 4.78 is 5.67. The third kappa shape index (κ3) is 6.88. The minimum Gasteiger partial charge on any atom is -0.377 e. The molecule has 2 aliphatic heterocycles. The summed E-state index contributed by atoms with van der Waals surface area (Å²) in [7, 11) is 0. The van der Waals surface area contributed by atoms with Crippen molar-refractivity contribution in [2.75, 3.05) is 49.9 Å². The van der Waals surface area contributed by atoms with Gasteiger partial charge in [-0.05, 0) is 58.4 Å². The molecule has 1 aromatic carbocycles. The van der Waals surface area contributed by atoms with Crippen molar-refractivity contribution in [1.82, 2.24) is 20.2 Å². The number of fused-ring (bicyclic) bond motifs is 1. The fourth-order valence-electron chi connectivity index (χ4n) is 4.32. The number of hydrogen-bond donors (Lipinski definition) is 4. The first kappa shape index (κ1) is 26.8. The van der Waals surface area contributed by atoms with Gasteiger partial charge in [-0.1, -0.05) is 0 Å². The molecule has 35 heavy (non-hydrogen) atoms. The second-order valence-corrected chi connectivity index (χ2v) is 8.93. The molecule has 0 spiro atoms. The third-order valence-electron chi connectivity index (χ3n) is 6.18. The topological polar surface area (TPSA) is 123 Å². The standard InChI is InChI=1S/C24H34N6O2.CH4O2/c1-5-25-24(31)26-19-8-6-18(7-9-19)22-27-21-14-29(16(2)3)11-10-20(21)23(28-22)30-12-13-32-15-17(30)4;2-1-3/h6-9,16-17H,5,10-15H2,1-4H3,(H2,25,26,31);2-3H,1H2/t17-;/m0./s1. The van der Waals surface area contributed by atoms with E-state index in [1.54, 1.807) is 0 Å². The smallest absolute Gasteiger partial charge is 0.319 e. The van der Waals surface area contributed by atoms with Crippen LogP contribution < -0.4 is 15.5 Å². The molecule has 2 aromatic rings. The molecule has 2 amide bonds. The summed E-state index contributed by atoms with van der Waals surface area (Å²) in [4.78, 5) is 26.7. The van der Waals surface area contributed by atoms with E-state index in [2.05, 4.69) is 41.2 Å². The number of morpholine rings is 1. The van der Waals surface area contributed by atoms with Gasteiger partial charge in [-0.25, -0.2) is 14.8 Å². The van der Waals surface area contributed by atoms with E-state index in [0.29, 0.717) is 19.2 Å². The molecule has 3 heterocycles. The first-order valence-electron chi connectivity index (χ1n) is 12.2. The van der Waals surface area contributed by atoms with Gasteiger partial charge in [0, 0.05) is 49.0 Å². The molecule has 10 heteroatoms. The van der Waals surface area contributed by atoms with Gasteiger partial charge < -0.3 is 30.5 Å². The molecule has 0 aliphatic carbocycles. The predicted molar refractivity (Wildman–Crippen MR) is 136 cm³/mol. The molecule has 1 fully saturated rings. The first-order chi connectivity index (χ1) is 16.9. The van der Waals surface area contributed by atoms with E-state index < -0.39 is 6.79 Å². The second kappa shape index (κ2) is 12.8. The number of amides is 2. The number of benzene rings is 1. The Bertz CT molecular complexity index is 969. The van der Waals surface area contributed by atoms with E-state index in [9.17, 15) is 4.79 Å². The van der Waals surface area contributed by atoms with Crippen LogP contribution in [0.4, 0.5) is 16.3 Å². The maximum absolute atomic E-state index is 11.8. The Balaban J connectivity index is 0.00000108. The Morgan fingerprint density at radius 3 is 2.54 bits per heavy atom. The Morgan fingerprint density at radius 2 is 1.91 bits per heavy atom. The summed E-state index contributed by atoms with van der Waals surface area (Å²) in [6.07, 6.45) is 0.961. The van der Waals surface area contributed by atoms with Gasteiger partial charge >= 0.3 is 6.03 Å². The molecule has 0 unspecified atom stereocenters. The van der Waals surface area contributed by atoms with Gasteiger partial charge in [0.15, 0.2) is 5.82 Å². The quantitative estimate of drug-likeness (QED) is 0.475. The molecular weight excluding hydrogens is 448 g/mol. The lowest BCUT2D eigenvalue weighted by Crippen LogP contribution is -2.45. The van der Waals surface area contributed by atoms with Crippen molar-refractivity contribution in [1.29, 1.82) is 0 Å². The number of aliphatic hydroxyl groups is 2. The van der Waals surface area contributed by atoms with Crippen LogP contribution in [-0.4, -0.2) is 82.8 Å². The number of anilines is 2. The van der Waals surface area contributed by atoms with Crippen molar-refractivity contribution < 1.29 is 19.7 Å². The van der Waals surface area contributed by atoms with Crippen LogP contribution in [-0.2, 0) is 17.7 Å². The van der Waals surface area contributed by atoms with Crippen LogP contribution in [0, 0.1) is 0 Å². The number of carbonyl (C=O) groups is 1. The van der Waals surface area contributed by atoms with Crippen LogP contribution in [0.2, 0.25) is 0 Å². The van der Waals surface area contributed by atoms with Gasteiger partial charge in [-0.3, -0.25) is 4.90 Å². The summed E-state index contributed by atoms with van der Waals surface area (Å²) in [6, 6.07) is 8.28. The van der Waals surface area contributed by atoms with Gasteiger partial charge in [0.2, 0.25) is 0 Å². The molecule has 192 valence electrons. The zero-order chi connectivity index (χ0) is 25.4. The molecule has 1 atom stereocenters. The average molecular weight is 487 g/mol. The molecule has 0 radical (unpaired) electrons. The highest BCUT2D eigenvalue weighted by Gasteiger charge is 2.29. The minimum absolute atomic E-state index is 0.206. The van der Waals surface area contributed by atoms with E-state index in [-0.39, 0.29) is 12.1 Å². The number of nitrogens with zero attached hydrogens (tertiary/aromatic N) is 4. The largest absolute Gasteiger partial charge is 0.377 e. The van der Waals surface area contributed by atoms with Gasteiger partial charge in [0.1, 0.15) is 12.6 Å². The fraction of sp³-hybridized carbons (Fsp3) is 0.560. The molecule has 2 aliphatic rings. The Kier molecular flexibility index (Phi) is 9.79. The lowest BCUT2D eigenvalue weighted by molar-refractivity contribution is 0.0773. The molecular formula is C25H38N6O4. The number of urea groups is 1. The molecule has 4 rings (SSSR count). The maximum atomic E-state index is 11.8. The van der Waals surface area contributed by atoms with E-state index in [1.165, 1.54) is 5.56 Å². The van der Waals surface area contributed by atoms with Crippen molar-refractivity contribution in [3.05, 3.63) is 35.5 Å². The second-order valence-electron chi connectivity index (χ2n) is 8.93. The highest BCUT2D eigenvalue weighted by Crippen LogP contribution is 2.32. The SMILES string of the molecule is CCNC(=O)Nc1ccc(-c2nc3c(c(N4CCOC[C@@H]4C)n2)CCN(C(C)C)C3)cc1.OCO. The van der Waals surface area contributed by atoms with Crippen LogP contribution in [0.3, 0.4) is 0 Å². The molecule has 0 bridgehead atoms. The van der Waals surface area contributed by atoms with Crippen LogP contribution in [0.5, 0.6) is 0 Å². The lowest BCUT2D eigenvalue weighted by atomic mass is 10.0. The fourth-order valence-corrected chi connectivity index (χ4v) is 4.32. The minimum atomic E-state index is -0.750. The Hall–Kier alpha value is -2.79. The molecule has 1 saturated heterocycles. The van der Waals surface area contributed by atoms with Crippen molar-refractivity contribution in [2.45, 2.75) is 52.7 Å². The summed E-state index contributed by atoms with van der Waals surface area (Å²) in [5, 5.41) is 19.8. The summed E-state index contributed by atoms with van der Waals surface area (Å²) >= 11 is 0. The van der Waals surface area contributed by atoms with Crippen LogP contribution >= 0.6 is 0 Å². The summed E-state index contributed by atoms with van der Waals surface area (Å²) in [5.74, 6) is 1.78. The monoisotopic (exact) mass is 486 g/mol. The van der Waals surface area contributed by atoms with Crippen LogP contribution in [0.25, 0.3) is 11.4 Å². The van der Waals surface area contributed by atoms with E-state index in [0.717, 1.165) is 61.2 Å². The number of rotatable bonds is 5. The van der Waals surface area contributed by atoms with Crippen molar-refractivity contribution in [3.63, 3.8) is 0 Å². The maximum Gasteiger partial charge on any atom is 0.319 e. The number of aromatic nitrogens is 2. The van der Waals surface area contributed by atoms with Crippen molar-refractivity contribution >= 4 is 17.5 Å². The van der Waals surface area contributed by atoms with Gasteiger partial charge in [-0.2, -0.15) is 0 Å². The first-order valence-corrected chi connectivity index (χ1v) is 12.2. The van der Waals surface area contributed by atoms with E-state index in [4.69, 9.17) is 24.9 Å². The number of aliphatic hydroxyl groups excluding tert-OH is 1. The Labute approximate surface area is 207 Å². The van der Waals surface area contributed by atoms with Crippen LogP contribution in [0.1, 0.15) is 39.0 Å². The highest BCUT2D eigenvalue weighted by atomic mass is 16.5. The number of ether oxygens (including phenoxy) is 1. The highest BCUT2D eigenvalue weighted by molar-refractivity contribution is 5.89. The summed E-state index contributed by atoms with van der Waals surface area (Å²) in [5.41, 5.74) is 4.07. The zero-order valence-corrected chi connectivity index (χ0v) is 21.1. The summed E-state index contributed by atoms with van der Waals surface area (Å²) in [6.45, 7) is 12.5. The van der Waals surface area contributed by atoms with Crippen LogP contribution in [0.15, 0.2) is 24.3 Å². The van der Waals surface area contributed by atoms with Gasteiger partial charge in [0.05, 0.1) is 24.9 Å². The Morgan fingerprint density at radius 1 is 1.20 bits per heavy atom. The van der Waals surface area contributed by atoms with Gasteiger partial charge in [-0.15, -0.1) is 0 Å². The van der Waals surface area contributed by atoms with E-state index >= 15 is 0 Å². The molecule has 1 aromatic heterocycles. The van der Waals surface area contributed by atoms with Gasteiger partial charge in [0.25, 0.3) is 0 Å². The van der Waals surface area contributed by atoms with E-state index in [1.807, 2.05) is 31.2 Å². The number of nitrogens with one attached hydrogen (secondary N) is 2. The zero-order valence-electron chi connectivity index (χ0n) is 21.1. The van der Waals surface area contributed by atoms with Crippen molar-refractivity contribution in [2.24, 2.45) is 0 Å². The lowest BCUT2D eigenvalue weighted by Gasteiger charge is -2.38. The third-order valence-corrected chi connectivity index (χ3v) is 6.18.